The SMILES string of the molecule is Cc1ccc2nc(NC(=O)Cc3n[nH]c4c3c(=O)n(C)c(=O)n4C)sc2c1. The smallest absolute Gasteiger partial charge is 0.302 e. The summed E-state index contributed by atoms with van der Waals surface area (Å²) in [5.74, 6) is -0.338. The molecule has 0 aliphatic carbocycles. The van der Waals surface area contributed by atoms with Crippen molar-refractivity contribution >= 4 is 43.6 Å². The lowest BCUT2D eigenvalue weighted by atomic mass is 10.2. The molecule has 27 heavy (non-hydrogen) atoms. The van der Waals surface area contributed by atoms with E-state index in [1.54, 1.807) is 0 Å². The van der Waals surface area contributed by atoms with Crippen molar-refractivity contribution in [1.29, 1.82) is 0 Å². The van der Waals surface area contributed by atoms with Crippen LogP contribution in [0.4, 0.5) is 5.13 Å². The highest BCUT2D eigenvalue weighted by atomic mass is 32.1. The van der Waals surface area contributed by atoms with Crippen LogP contribution in [-0.2, 0) is 25.3 Å². The number of nitrogens with one attached hydrogen (secondary N) is 2. The van der Waals surface area contributed by atoms with E-state index in [0.717, 1.165) is 20.3 Å². The Morgan fingerprint density at radius 2 is 2.04 bits per heavy atom. The molecule has 138 valence electrons. The number of hydrogen-bond donors (Lipinski definition) is 2. The minimum Gasteiger partial charge on any atom is -0.302 e. The van der Waals surface area contributed by atoms with Crippen molar-refractivity contribution in [3.05, 3.63) is 50.3 Å². The van der Waals surface area contributed by atoms with Crippen molar-refractivity contribution in [2.24, 2.45) is 14.1 Å². The van der Waals surface area contributed by atoms with Gasteiger partial charge in [0.25, 0.3) is 5.56 Å². The van der Waals surface area contributed by atoms with Gasteiger partial charge < -0.3 is 5.32 Å². The molecule has 0 saturated heterocycles. The minimum absolute atomic E-state index is 0.109. The average Bonchev–Trinajstić information content (AvgIpc) is 3.21. The van der Waals surface area contributed by atoms with Gasteiger partial charge in [-0.3, -0.25) is 23.8 Å². The van der Waals surface area contributed by atoms with E-state index in [-0.39, 0.29) is 23.4 Å². The van der Waals surface area contributed by atoms with Crippen LogP contribution in [0.5, 0.6) is 0 Å². The first kappa shape index (κ1) is 17.2. The zero-order valence-corrected chi connectivity index (χ0v) is 15.7. The van der Waals surface area contributed by atoms with Gasteiger partial charge in [0.15, 0.2) is 5.13 Å². The molecule has 3 heterocycles. The number of carbonyl (C=O) groups is 1. The number of rotatable bonds is 3. The third kappa shape index (κ3) is 2.83. The van der Waals surface area contributed by atoms with Crippen LogP contribution in [0.1, 0.15) is 11.3 Å². The number of amides is 1. The molecule has 0 unspecified atom stereocenters. The van der Waals surface area contributed by atoms with Crippen LogP contribution in [0, 0.1) is 6.92 Å². The largest absolute Gasteiger partial charge is 0.332 e. The maximum Gasteiger partial charge on any atom is 0.332 e. The van der Waals surface area contributed by atoms with Crippen LogP contribution in [0.2, 0.25) is 0 Å². The van der Waals surface area contributed by atoms with E-state index >= 15 is 0 Å². The third-order valence-electron chi connectivity index (χ3n) is 4.37. The lowest BCUT2D eigenvalue weighted by Crippen LogP contribution is -2.37. The number of aromatic amines is 1. The molecule has 4 rings (SSSR count). The molecule has 1 amide bonds. The minimum atomic E-state index is -0.486. The summed E-state index contributed by atoms with van der Waals surface area (Å²) in [6.07, 6.45) is -0.109. The zero-order valence-electron chi connectivity index (χ0n) is 14.9. The van der Waals surface area contributed by atoms with Gasteiger partial charge in [-0.2, -0.15) is 5.10 Å². The van der Waals surface area contributed by atoms with Gasteiger partial charge in [0.2, 0.25) is 5.91 Å². The Bertz CT molecular complexity index is 1330. The van der Waals surface area contributed by atoms with Crippen LogP contribution in [0.3, 0.4) is 0 Å². The summed E-state index contributed by atoms with van der Waals surface area (Å²) in [5, 5.41) is 10.2. The number of hydrogen-bond acceptors (Lipinski definition) is 6. The van der Waals surface area contributed by atoms with E-state index in [4.69, 9.17) is 0 Å². The molecular weight excluding hydrogens is 368 g/mol. The predicted molar refractivity (Wildman–Crippen MR) is 103 cm³/mol. The number of fused-ring (bicyclic) bond motifs is 2. The molecule has 3 aromatic heterocycles. The van der Waals surface area contributed by atoms with Crippen LogP contribution in [0.15, 0.2) is 27.8 Å². The highest BCUT2D eigenvalue weighted by Crippen LogP contribution is 2.26. The summed E-state index contributed by atoms with van der Waals surface area (Å²) < 4.78 is 3.27. The maximum absolute atomic E-state index is 12.4. The Morgan fingerprint density at radius 1 is 1.26 bits per heavy atom. The number of aryl methyl sites for hydroxylation is 2. The first-order chi connectivity index (χ1) is 12.8. The number of carbonyl (C=O) groups excluding carboxylic acids is 1. The fourth-order valence-electron chi connectivity index (χ4n) is 2.94. The van der Waals surface area contributed by atoms with Crippen LogP contribution >= 0.6 is 11.3 Å². The number of thiazole rings is 1. The standard InChI is InChI=1S/C17H16N6O3S/c1-8-4-5-9-11(6-8)27-16(18-9)19-12(24)7-10-13-14(21-20-10)22(2)17(26)23(3)15(13)25/h4-6H,7H2,1-3H3,(H,20,21)(H,18,19,24). The Hall–Kier alpha value is -3.27. The van der Waals surface area contributed by atoms with Crippen molar-refractivity contribution in [3.63, 3.8) is 0 Å². The van der Waals surface area contributed by atoms with Crippen molar-refractivity contribution in [2.75, 3.05) is 5.32 Å². The van der Waals surface area contributed by atoms with Gasteiger partial charge >= 0.3 is 5.69 Å². The second-order valence-electron chi connectivity index (χ2n) is 6.31. The lowest BCUT2D eigenvalue weighted by molar-refractivity contribution is -0.115. The summed E-state index contributed by atoms with van der Waals surface area (Å²) >= 11 is 1.38. The molecule has 0 atom stereocenters. The lowest BCUT2D eigenvalue weighted by Gasteiger charge is -2.03. The number of aromatic nitrogens is 5. The van der Waals surface area contributed by atoms with Gasteiger partial charge in [0.1, 0.15) is 11.0 Å². The summed E-state index contributed by atoms with van der Waals surface area (Å²) in [6, 6.07) is 5.87. The first-order valence-electron chi connectivity index (χ1n) is 8.15. The van der Waals surface area contributed by atoms with Gasteiger partial charge in [0, 0.05) is 14.1 Å². The van der Waals surface area contributed by atoms with Gasteiger partial charge in [-0.25, -0.2) is 9.78 Å². The molecule has 0 aliphatic rings. The van der Waals surface area contributed by atoms with Crippen molar-refractivity contribution in [2.45, 2.75) is 13.3 Å². The topological polar surface area (TPSA) is 115 Å². The first-order valence-corrected chi connectivity index (χ1v) is 8.97. The van der Waals surface area contributed by atoms with Crippen molar-refractivity contribution < 1.29 is 4.79 Å². The average molecular weight is 384 g/mol. The zero-order chi connectivity index (χ0) is 19.3. The second-order valence-corrected chi connectivity index (χ2v) is 7.35. The van der Waals surface area contributed by atoms with Crippen LogP contribution in [0.25, 0.3) is 21.3 Å². The number of nitrogens with zero attached hydrogens (tertiary/aromatic N) is 4. The number of benzene rings is 1. The molecule has 2 N–H and O–H groups in total. The predicted octanol–water partition coefficient (Wildman–Crippen LogP) is 1.06. The fraction of sp³-hybridized carbons (Fsp3) is 0.235. The Kier molecular flexibility index (Phi) is 3.92. The van der Waals surface area contributed by atoms with Gasteiger partial charge in [-0.15, -0.1) is 0 Å². The Labute approximate surface area is 156 Å². The summed E-state index contributed by atoms with van der Waals surface area (Å²) in [6.45, 7) is 1.99. The van der Waals surface area contributed by atoms with E-state index in [1.807, 2.05) is 25.1 Å². The molecule has 0 spiro atoms. The van der Waals surface area contributed by atoms with E-state index in [0.29, 0.717) is 10.8 Å². The fourth-order valence-corrected chi connectivity index (χ4v) is 3.92. The molecule has 0 radical (unpaired) electrons. The van der Waals surface area contributed by atoms with Gasteiger partial charge in [0.05, 0.1) is 22.3 Å². The van der Waals surface area contributed by atoms with E-state index < -0.39 is 11.2 Å². The van der Waals surface area contributed by atoms with Crippen LogP contribution in [-0.4, -0.2) is 30.2 Å². The van der Waals surface area contributed by atoms with Crippen molar-refractivity contribution in [3.8, 4) is 0 Å². The molecule has 0 fully saturated rings. The normalized spacial score (nSPS) is 11.4. The van der Waals surface area contributed by atoms with E-state index in [9.17, 15) is 14.4 Å². The summed E-state index contributed by atoms with van der Waals surface area (Å²) in [4.78, 5) is 41.2. The van der Waals surface area contributed by atoms with E-state index in [1.165, 1.54) is 30.0 Å². The summed E-state index contributed by atoms with van der Waals surface area (Å²) in [5.41, 5.74) is 1.57. The van der Waals surface area contributed by atoms with Crippen LogP contribution < -0.4 is 16.6 Å². The van der Waals surface area contributed by atoms with Crippen molar-refractivity contribution in [1.82, 2.24) is 24.3 Å². The molecule has 0 aliphatic heterocycles. The molecule has 10 heteroatoms. The highest BCUT2D eigenvalue weighted by molar-refractivity contribution is 7.22. The highest BCUT2D eigenvalue weighted by Gasteiger charge is 2.18. The monoisotopic (exact) mass is 384 g/mol. The molecule has 4 aromatic rings. The molecule has 1 aromatic carbocycles. The number of anilines is 1. The number of H-pyrrole nitrogens is 1. The Morgan fingerprint density at radius 3 is 2.81 bits per heavy atom. The molecule has 0 bridgehead atoms. The maximum atomic E-state index is 12.4. The molecule has 9 nitrogen and oxygen atoms in total. The molecular formula is C17H16N6O3S. The van der Waals surface area contributed by atoms with Gasteiger partial charge in [-0.05, 0) is 24.6 Å². The second kappa shape index (κ2) is 6.16. The summed E-state index contributed by atoms with van der Waals surface area (Å²) in [7, 11) is 2.93. The molecule has 0 saturated carbocycles. The third-order valence-corrected chi connectivity index (χ3v) is 5.30. The Balaban J connectivity index is 1.64. The van der Waals surface area contributed by atoms with E-state index in [2.05, 4.69) is 20.5 Å². The quantitative estimate of drug-likeness (QED) is 0.548. The van der Waals surface area contributed by atoms with Gasteiger partial charge in [-0.1, -0.05) is 17.4 Å².